The van der Waals surface area contributed by atoms with E-state index < -0.39 is 0 Å². The molecule has 1 aliphatic heterocycles. The van der Waals surface area contributed by atoms with Crippen LogP contribution in [0, 0.1) is 5.92 Å². The molecule has 1 saturated heterocycles. The van der Waals surface area contributed by atoms with Crippen LogP contribution in [0.25, 0.3) is 0 Å². The number of rotatable bonds is 5. The maximum atomic E-state index is 3.64. The van der Waals surface area contributed by atoms with Gasteiger partial charge in [0.05, 0.1) is 0 Å². The van der Waals surface area contributed by atoms with Crippen molar-refractivity contribution in [1.29, 1.82) is 0 Å². The highest BCUT2D eigenvalue weighted by atomic mass is 15.2. The number of nitrogens with one attached hydrogen (secondary N) is 1. The molecule has 1 N–H and O–H groups in total. The highest BCUT2D eigenvalue weighted by molar-refractivity contribution is 4.84. The molecule has 1 saturated carbocycles. The van der Waals surface area contributed by atoms with Gasteiger partial charge in [0.15, 0.2) is 0 Å². The largest absolute Gasteiger partial charge is 0.313 e. The summed E-state index contributed by atoms with van der Waals surface area (Å²) < 4.78 is 0. The fourth-order valence-electron chi connectivity index (χ4n) is 3.70. The van der Waals surface area contributed by atoms with Gasteiger partial charge in [-0.1, -0.05) is 33.1 Å². The van der Waals surface area contributed by atoms with Gasteiger partial charge >= 0.3 is 0 Å². The number of nitrogens with zero attached hydrogens (tertiary/aromatic N) is 1. The molecule has 0 spiro atoms. The standard InChI is InChI=1S/C15H30N2/c1-3-13-7-5-9-15(11-13)17(4-2)12-14-8-6-10-16-14/h13-16H,3-12H2,1-2H3. The topological polar surface area (TPSA) is 15.3 Å². The SMILES string of the molecule is CCC1CCCC(N(CC)CC2CCCN2)C1. The van der Waals surface area contributed by atoms with Gasteiger partial charge in [-0.05, 0) is 44.7 Å². The van der Waals surface area contributed by atoms with E-state index in [1.807, 2.05) is 0 Å². The molecule has 3 unspecified atom stereocenters. The van der Waals surface area contributed by atoms with Crippen molar-refractivity contribution in [2.45, 2.75) is 70.9 Å². The second-order valence-electron chi connectivity index (χ2n) is 5.98. The van der Waals surface area contributed by atoms with Crippen molar-refractivity contribution < 1.29 is 0 Å². The van der Waals surface area contributed by atoms with Gasteiger partial charge in [0.2, 0.25) is 0 Å². The Balaban J connectivity index is 1.83. The fourth-order valence-corrected chi connectivity index (χ4v) is 3.70. The Kier molecular flexibility index (Phi) is 5.30. The Morgan fingerprint density at radius 2 is 2.00 bits per heavy atom. The molecule has 0 aromatic rings. The van der Waals surface area contributed by atoms with Crippen LogP contribution in [0.1, 0.15) is 58.8 Å². The van der Waals surface area contributed by atoms with Crippen molar-refractivity contribution in [2.24, 2.45) is 5.92 Å². The summed E-state index contributed by atoms with van der Waals surface area (Å²) in [7, 11) is 0. The summed E-state index contributed by atoms with van der Waals surface area (Å²) in [6.07, 6.45) is 9.98. The summed E-state index contributed by atoms with van der Waals surface area (Å²) in [6.45, 7) is 8.47. The maximum Gasteiger partial charge on any atom is 0.0195 e. The average Bonchev–Trinajstić information content (AvgIpc) is 2.89. The number of likely N-dealkylation sites (N-methyl/N-ethyl adjacent to an activating group) is 1. The summed E-state index contributed by atoms with van der Waals surface area (Å²) >= 11 is 0. The number of hydrogen-bond acceptors (Lipinski definition) is 2. The lowest BCUT2D eigenvalue weighted by atomic mass is 9.83. The molecule has 3 atom stereocenters. The predicted molar refractivity (Wildman–Crippen MR) is 74.3 cm³/mol. The first-order valence-corrected chi connectivity index (χ1v) is 7.80. The Hall–Kier alpha value is -0.0800. The summed E-state index contributed by atoms with van der Waals surface area (Å²) in [5, 5.41) is 3.64. The summed E-state index contributed by atoms with van der Waals surface area (Å²) in [6, 6.07) is 1.65. The van der Waals surface area contributed by atoms with Crippen LogP contribution in [0.4, 0.5) is 0 Å². The Morgan fingerprint density at radius 3 is 2.65 bits per heavy atom. The highest BCUT2D eigenvalue weighted by Gasteiger charge is 2.27. The minimum absolute atomic E-state index is 0.775. The first kappa shape index (κ1) is 13.4. The minimum Gasteiger partial charge on any atom is -0.313 e. The smallest absolute Gasteiger partial charge is 0.0195 e. The van der Waals surface area contributed by atoms with Gasteiger partial charge in [-0.2, -0.15) is 0 Å². The third-order valence-corrected chi connectivity index (χ3v) is 4.87. The van der Waals surface area contributed by atoms with Gasteiger partial charge in [-0.3, -0.25) is 4.90 Å². The number of hydrogen-bond donors (Lipinski definition) is 1. The van der Waals surface area contributed by atoms with Gasteiger partial charge < -0.3 is 5.32 Å². The first-order valence-electron chi connectivity index (χ1n) is 7.80. The van der Waals surface area contributed by atoms with Crippen molar-refractivity contribution in [3.63, 3.8) is 0 Å². The monoisotopic (exact) mass is 238 g/mol. The molecule has 2 nitrogen and oxygen atoms in total. The van der Waals surface area contributed by atoms with Crippen LogP contribution >= 0.6 is 0 Å². The summed E-state index contributed by atoms with van der Waals surface area (Å²) in [5.41, 5.74) is 0. The molecule has 100 valence electrons. The van der Waals surface area contributed by atoms with Crippen LogP contribution in [0.2, 0.25) is 0 Å². The molecular formula is C15H30N2. The van der Waals surface area contributed by atoms with E-state index in [1.54, 1.807) is 0 Å². The van der Waals surface area contributed by atoms with Crippen LogP contribution in [0.15, 0.2) is 0 Å². The van der Waals surface area contributed by atoms with E-state index in [-0.39, 0.29) is 0 Å². The van der Waals surface area contributed by atoms with Gasteiger partial charge in [0, 0.05) is 18.6 Å². The van der Waals surface area contributed by atoms with Crippen LogP contribution in [-0.4, -0.2) is 36.6 Å². The highest BCUT2D eigenvalue weighted by Crippen LogP contribution is 2.30. The molecule has 0 bridgehead atoms. The lowest BCUT2D eigenvalue weighted by molar-refractivity contribution is 0.124. The second-order valence-corrected chi connectivity index (χ2v) is 5.98. The van der Waals surface area contributed by atoms with Gasteiger partial charge in [-0.15, -0.1) is 0 Å². The van der Waals surface area contributed by atoms with Crippen molar-refractivity contribution in [1.82, 2.24) is 10.2 Å². The quantitative estimate of drug-likeness (QED) is 0.792. The van der Waals surface area contributed by atoms with E-state index in [2.05, 4.69) is 24.1 Å². The zero-order chi connectivity index (χ0) is 12.1. The van der Waals surface area contributed by atoms with E-state index in [0.29, 0.717) is 0 Å². The van der Waals surface area contributed by atoms with Crippen LogP contribution in [0.5, 0.6) is 0 Å². The Morgan fingerprint density at radius 1 is 1.12 bits per heavy atom. The Bertz CT molecular complexity index is 211. The Labute approximate surface area is 107 Å². The minimum atomic E-state index is 0.775. The van der Waals surface area contributed by atoms with Crippen molar-refractivity contribution in [3.8, 4) is 0 Å². The normalized spacial score (nSPS) is 34.4. The average molecular weight is 238 g/mol. The molecular weight excluding hydrogens is 208 g/mol. The van der Waals surface area contributed by atoms with Crippen molar-refractivity contribution in [3.05, 3.63) is 0 Å². The van der Waals surface area contributed by atoms with Crippen molar-refractivity contribution in [2.75, 3.05) is 19.6 Å². The van der Waals surface area contributed by atoms with Gasteiger partial charge in [0.25, 0.3) is 0 Å². The van der Waals surface area contributed by atoms with Crippen LogP contribution in [-0.2, 0) is 0 Å². The molecule has 2 fully saturated rings. The third kappa shape index (κ3) is 3.69. The first-order chi connectivity index (χ1) is 8.33. The van der Waals surface area contributed by atoms with E-state index in [9.17, 15) is 0 Å². The zero-order valence-corrected chi connectivity index (χ0v) is 11.8. The fraction of sp³-hybridized carbons (Fsp3) is 1.00. The molecule has 0 aromatic heterocycles. The van der Waals surface area contributed by atoms with Gasteiger partial charge in [0.1, 0.15) is 0 Å². The zero-order valence-electron chi connectivity index (χ0n) is 11.8. The second kappa shape index (κ2) is 6.75. The lowest BCUT2D eigenvalue weighted by Crippen LogP contribution is -2.45. The third-order valence-electron chi connectivity index (χ3n) is 4.87. The molecule has 1 heterocycles. The molecule has 17 heavy (non-hydrogen) atoms. The summed E-state index contributed by atoms with van der Waals surface area (Å²) in [5.74, 6) is 0.999. The molecule has 0 amide bonds. The molecule has 0 aromatic carbocycles. The molecule has 2 rings (SSSR count). The van der Waals surface area contributed by atoms with E-state index >= 15 is 0 Å². The van der Waals surface area contributed by atoms with E-state index in [0.717, 1.165) is 18.0 Å². The molecule has 1 aliphatic carbocycles. The van der Waals surface area contributed by atoms with E-state index in [1.165, 1.54) is 64.6 Å². The molecule has 2 heteroatoms. The van der Waals surface area contributed by atoms with Gasteiger partial charge in [-0.25, -0.2) is 0 Å². The molecule has 2 aliphatic rings. The predicted octanol–water partition coefficient (Wildman–Crippen LogP) is 3.03. The summed E-state index contributed by atoms with van der Waals surface area (Å²) in [4.78, 5) is 2.75. The van der Waals surface area contributed by atoms with Crippen LogP contribution < -0.4 is 5.32 Å². The lowest BCUT2D eigenvalue weighted by Gasteiger charge is -2.38. The van der Waals surface area contributed by atoms with E-state index in [4.69, 9.17) is 0 Å². The van der Waals surface area contributed by atoms with Crippen LogP contribution in [0.3, 0.4) is 0 Å². The van der Waals surface area contributed by atoms with Crippen molar-refractivity contribution >= 4 is 0 Å². The molecule has 0 radical (unpaired) electrons. The maximum absolute atomic E-state index is 3.64.